The van der Waals surface area contributed by atoms with E-state index in [0.717, 1.165) is 6.54 Å². The van der Waals surface area contributed by atoms with Gasteiger partial charge >= 0.3 is 5.97 Å². The average molecular weight is 230 g/mol. The van der Waals surface area contributed by atoms with E-state index in [0.29, 0.717) is 26.3 Å². The number of carbonyl (C=O) groups is 1. The second-order valence-corrected chi connectivity index (χ2v) is 4.56. The van der Waals surface area contributed by atoms with Crippen molar-refractivity contribution in [2.45, 2.75) is 32.4 Å². The second-order valence-electron chi connectivity index (χ2n) is 4.56. The molecule has 2 atom stereocenters. The molecule has 1 saturated heterocycles. The molecular formula is C11H22N2O3. The van der Waals surface area contributed by atoms with Crippen LogP contribution in [-0.2, 0) is 9.53 Å². The van der Waals surface area contributed by atoms with E-state index in [2.05, 4.69) is 17.1 Å². The van der Waals surface area contributed by atoms with Gasteiger partial charge in [0.25, 0.3) is 0 Å². The minimum Gasteiger partial charge on any atom is -0.480 e. The van der Waals surface area contributed by atoms with E-state index < -0.39 is 11.5 Å². The number of likely N-dealkylation sites (N-methyl/N-ethyl adjacent to an activating group) is 1. The maximum atomic E-state index is 11.3. The fourth-order valence-corrected chi connectivity index (χ4v) is 1.99. The van der Waals surface area contributed by atoms with Crippen LogP contribution in [0.15, 0.2) is 0 Å². The highest BCUT2D eigenvalue weighted by Gasteiger charge is 2.36. The molecule has 16 heavy (non-hydrogen) atoms. The van der Waals surface area contributed by atoms with Gasteiger partial charge in [-0.05, 0) is 20.4 Å². The number of hydrogen-bond acceptors (Lipinski definition) is 4. The van der Waals surface area contributed by atoms with Gasteiger partial charge in [0.05, 0.1) is 13.2 Å². The van der Waals surface area contributed by atoms with Gasteiger partial charge in [-0.1, -0.05) is 6.92 Å². The van der Waals surface area contributed by atoms with Gasteiger partial charge in [0, 0.05) is 19.1 Å². The molecular weight excluding hydrogens is 208 g/mol. The topological polar surface area (TPSA) is 61.8 Å². The van der Waals surface area contributed by atoms with Crippen molar-refractivity contribution < 1.29 is 14.6 Å². The average Bonchev–Trinajstić information content (AvgIpc) is 2.21. The highest BCUT2D eigenvalue weighted by Crippen LogP contribution is 2.13. The van der Waals surface area contributed by atoms with E-state index in [9.17, 15) is 9.90 Å². The number of rotatable bonds is 5. The van der Waals surface area contributed by atoms with E-state index in [1.165, 1.54) is 0 Å². The van der Waals surface area contributed by atoms with Crippen LogP contribution in [0, 0.1) is 0 Å². The third kappa shape index (κ3) is 3.17. The molecule has 1 aliphatic heterocycles. The third-order valence-electron chi connectivity index (χ3n) is 3.06. The van der Waals surface area contributed by atoms with E-state index >= 15 is 0 Å². The molecule has 0 aromatic heterocycles. The minimum absolute atomic E-state index is 0.283. The Labute approximate surface area is 96.8 Å². The number of morpholine rings is 1. The molecule has 1 aliphatic rings. The molecule has 2 N–H and O–H groups in total. The predicted octanol–water partition coefficient (Wildman–Crippen LogP) is 0.160. The van der Waals surface area contributed by atoms with Gasteiger partial charge in [-0.25, -0.2) is 0 Å². The van der Waals surface area contributed by atoms with Crippen molar-refractivity contribution in [3.8, 4) is 0 Å². The lowest BCUT2D eigenvalue weighted by molar-refractivity contribution is -0.146. The number of aliphatic carboxylic acids is 1. The zero-order valence-electron chi connectivity index (χ0n) is 10.3. The zero-order valence-corrected chi connectivity index (χ0v) is 10.3. The Bertz CT molecular complexity index is 247. The summed E-state index contributed by atoms with van der Waals surface area (Å²) < 4.78 is 5.34. The number of nitrogens with zero attached hydrogens (tertiary/aromatic N) is 1. The fourth-order valence-electron chi connectivity index (χ4n) is 1.99. The van der Waals surface area contributed by atoms with Crippen LogP contribution in [0.3, 0.4) is 0 Å². The van der Waals surface area contributed by atoms with Crippen molar-refractivity contribution >= 4 is 5.97 Å². The molecule has 0 aromatic rings. The van der Waals surface area contributed by atoms with E-state index in [-0.39, 0.29) is 6.04 Å². The van der Waals surface area contributed by atoms with E-state index in [4.69, 9.17) is 4.74 Å². The monoisotopic (exact) mass is 230 g/mol. The van der Waals surface area contributed by atoms with Gasteiger partial charge in [-0.15, -0.1) is 0 Å². The van der Waals surface area contributed by atoms with Gasteiger partial charge < -0.3 is 15.2 Å². The molecule has 5 nitrogen and oxygen atoms in total. The molecule has 0 amide bonds. The van der Waals surface area contributed by atoms with Crippen molar-refractivity contribution in [1.82, 2.24) is 10.2 Å². The molecule has 1 fully saturated rings. The second kappa shape index (κ2) is 5.61. The largest absolute Gasteiger partial charge is 0.480 e. The lowest BCUT2D eigenvalue weighted by Gasteiger charge is -2.38. The molecule has 0 aliphatic carbocycles. The highest BCUT2D eigenvalue weighted by atomic mass is 16.5. The lowest BCUT2D eigenvalue weighted by atomic mass is 10.0. The molecule has 5 heteroatoms. The molecule has 0 radical (unpaired) electrons. The first-order chi connectivity index (χ1) is 7.49. The summed E-state index contributed by atoms with van der Waals surface area (Å²) in [6.07, 6.45) is 0. The fraction of sp³-hybridized carbons (Fsp3) is 0.909. The molecule has 0 bridgehead atoms. The van der Waals surface area contributed by atoms with Gasteiger partial charge in [-0.2, -0.15) is 0 Å². The number of carboxylic acids is 1. The van der Waals surface area contributed by atoms with Crippen LogP contribution in [0.2, 0.25) is 0 Å². The summed E-state index contributed by atoms with van der Waals surface area (Å²) >= 11 is 0. The Balaban J connectivity index is 2.63. The number of nitrogens with one attached hydrogen (secondary N) is 1. The van der Waals surface area contributed by atoms with Crippen LogP contribution in [0.4, 0.5) is 0 Å². The van der Waals surface area contributed by atoms with Crippen molar-refractivity contribution in [1.29, 1.82) is 0 Å². The molecule has 0 spiro atoms. The Kier molecular flexibility index (Phi) is 4.70. The maximum Gasteiger partial charge on any atom is 0.324 e. The lowest BCUT2D eigenvalue weighted by Crippen LogP contribution is -2.60. The molecule has 1 rings (SSSR count). The molecule has 0 saturated carbocycles. The number of ether oxygens (including phenoxy) is 1. The Morgan fingerprint density at radius 3 is 2.88 bits per heavy atom. The minimum atomic E-state index is -0.875. The van der Waals surface area contributed by atoms with Crippen LogP contribution in [0.1, 0.15) is 20.8 Å². The smallest absolute Gasteiger partial charge is 0.324 e. The maximum absolute atomic E-state index is 11.3. The van der Waals surface area contributed by atoms with Gasteiger partial charge in [-0.3, -0.25) is 9.69 Å². The molecule has 0 aromatic carbocycles. The van der Waals surface area contributed by atoms with Crippen LogP contribution < -0.4 is 5.32 Å². The first-order valence-corrected chi connectivity index (χ1v) is 5.80. The van der Waals surface area contributed by atoms with E-state index in [1.54, 1.807) is 6.92 Å². The zero-order chi connectivity index (χ0) is 12.2. The Hall–Kier alpha value is -0.650. The summed E-state index contributed by atoms with van der Waals surface area (Å²) in [5, 5.41) is 12.3. The summed E-state index contributed by atoms with van der Waals surface area (Å²) in [6.45, 7) is 9.06. The number of hydrogen-bond donors (Lipinski definition) is 2. The predicted molar refractivity (Wildman–Crippen MR) is 61.6 cm³/mol. The third-order valence-corrected chi connectivity index (χ3v) is 3.06. The van der Waals surface area contributed by atoms with Crippen molar-refractivity contribution in [3.05, 3.63) is 0 Å². The standard InChI is InChI=1S/C11H22N2O3/c1-4-12-11(3,10(14)15)8-13-5-6-16-7-9(13)2/h9,12H,4-8H2,1-3H3,(H,14,15). The van der Waals surface area contributed by atoms with E-state index in [1.807, 2.05) is 6.92 Å². The van der Waals surface area contributed by atoms with Crippen molar-refractivity contribution in [3.63, 3.8) is 0 Å². The van der Waals surface area contributed by atoms with Crippen LogP contribution in [-0.4, -0.2) is 60.4 Å². The SMILES string of the molecule is CCNC(C)(CN1CCOCC1C)C(=O)O. The quantitative estimate of drug-likeness (QED) is 0.704. The summed E-state index contributed by atoms with van der Waals surface area (Å²) in [5.41, 5.74) is -0.875. The van der Waals surface area contributed by atoms with Gasteiger partial charge in [0.1, 0.15) is 5.54 Å². The van der Waals surface area contributed by atoms with Crippen LogP contribution >= 0.6 is 0 Å². The first kappa shape index (κ1) is 13.4. The Morgan fingerprint density at radius 1 is 1.69 bits per heavy atom. The first-order valence-electron chi connectivity index (χ1n) is 5.80. The molecule has 1 heterocycles. The molecule has 2 unspecified atom stereocenters. The highest BCUT2D eigenvalue weighted by molar-refractivity contribution is 5.78. The Morgan fingerprint density at radius 2 is 2.38 bits per heavy atom. The van der Waals surface area contributed by atoms with Crippen LogP contribution in [0.25, 0.3) is 0 Å². The summed E-state index contributed by atoms with van der Waals surface area (Å²) in [5.74, 6) is -0.798. The number of carboxylic acid groups (broad SMARTS) is 1. The van der Waals surface area contributed by atoms with Crippen LogP contribution in [0.5, 0.6) is 0 Å². The molecule has 94 valence electrons. The summed E-state index contributed by atoms with van der Waals surface area (Å²) in [6, 6.07) is 0.283. The van der Waals surface area contributed by atoms with Crippen molar-refractivity contribution in [2.24, 2.45) is 0 Å². The van der Waals surface area contributed by atoms with Gasteiger partial charge in [0.15, 0.2) is 0 Å². The summed E-state index contributed by atoms with van der Waals surface area (Å²) in [4.78, 5) is 13.4. The van der Waals surface area contributed by atoms with Crippen molar-refractivity contribution in [2.75, 3.05) is 32.8 Å². The normalized spacial score (nSPS) is 26.3. The van der Waals surface area contributed by atoms with Gasteiger partial charge in [0.2, 0.25) is 0 Å². The summed E-state index contributed by atoms with van der Waals surface area (Å²) in [7, 11) is 0.